The first-order chi connectivity index (χ1) is 17.6. The van der Waals surface area contributed by atoms with E-state index in [2.05, 4.69) is 0 Å². The lowest BCUT2D eigenvalue weighted by atomic mass is 9.73. The molecule has 0 bridgehead atoms. The Morgan fingerprint density at radius 3 is 2.30 bits per heavy atom. The lowest BCUT2D eigenvalue weighted by Crippen LogP contribution is -2.44. The zero-order valence-corrected chi connectivity index (χ0v) is 22.5. The number of hydrogen-bond donors (Lipinski definition) is 1. The van der Waals surface area contributed by atoms with Crippen LogP contribution in [0.15, 0.2) is 23.8 Å². The van der Waals surface area contributed by atoms with Crippen molar-refractivity contribution < 1.29 is 43.1 Å². The molecule has 0 saturated carbocycles. The van der Waals surface area contributed by atoms with Crippen LogP contribution in [0.3, 0.4) is 0 Å². The van der Waals surface area contributed by atoms with Gasteiger partial charge in [-0.05, 0) is 50.8 Å². The molecule has 1 heterocycles. The second-order valence-corrected chi connectivity index (χ2v) is 9.38. The van der Waals surface area contributed by atoms with Crippen molar-refractivity contribution in [2.24, 2.45) is 5.92 Å². The molecule has 37 heavy (non-hydrogen) atoms. The Kier molecular flexibility index (Phi) is 7.19. The van der Waals surface area contributed by atoms with Crippen LogP contribution in [0.2, 0.25) is 0 Å². The van der Waals surface area contributed by atoms with Crippen LogP contribution < -0.4 is 28.4 Å². The normalized spacial score (nSPS) is 22.2. The number of rotatable bonds is 6. The summed E-state index contributed by atoms with van der Waals surface area (Å²) in [6, 6.07) is 3.60. The highest BCUT2D eigenvalue weighted by molar-refractivity contribution is 5.91. The standard InChI is InChI=1S/C28H34O9/c1-9-14(2)27(29)37-26-17-12-19-23(36-13-35-19)25(34-8)21(17)20-16(10-15(3)28(26,4)30)11-18(31-5)22(32-6)24(20)33-7/h9,11-12,15,26,30H,10,13H2,1-8H3/t15-,26-,28-/m1/s1. The molecule has 0 unspecified atom stereocenters. The molecule has 1 aliphatic carbocycles. The summed E-state index contributed by atoms with van der Waals surface area (Å²) in [5.41, 5.74) is 1.47. The molecule has 0 amide bonds. The molecule has 2 aromatic carbocycles. The van der Waals surface area contributed by atoms with Crippen molar-refractivity contribution in [2.45, 2.75) is 45.8 Å². The molecule has 0 aromatic heterocycles. The Hall–Kier alpha value is -3.59. The summed E-state index contributed by atoms with van der Waals surface area (Å²) in [5.74, 6) is 1.59. The molecule has 3 atom stereocenters. The van der Waals surface area contributed by atoms with Gasteiger partial charge in [0.25, 0.3) is 0 Å². The van der Waals surface area contributed by atoms with Crippen LogP contribution in [-0.4, -0.2) is 51.9 Å². The van der Waals surface area contributed by atoms with E-state index in [1.165, 1.54) is 14.2 Å². The Labute approximate surface area is 216 Å². The van der Waals surface area contributed by atoms with Gasteiger partial charge in [0.2, 0.25) is 18.3 Å². The maximum absolute atomic E-state index is 13.0. The molecule has 9 nitrogen and oxygen atoms in total. The number of aliphatic hydroxyl groups is 1. The monoisotopic (exact) mass is 514 g/mol. The predicted octanol–water partition coefficient (Wildman–Crippen LogP) is 4.61. The molecule has 9 heteroatoms. The van der Waals surface area contributed by atoms with E-state index in [1.54, 1.807) is 47.1 Å². The predicted molar refractivity (Wildman–Crippen MR) is 136 cm³/mol. The summed E-state index contributed by atoms with van der Waals surface area (Å²) in [6.07, 6.45) is 1.00. The number of allylic oxidation sites excluding steroid dienone is 1. The van der Waals surface area contributed by atoms with E-state index in [4.69, 9.17) is 33.2 Å². The van der Waals surface area contributed by atoms with Gasteiger partial charge in [-0.1, -0.05) is 13.0 Å². The maximum Gasteiger partial charge on any atom is 0.334 e. The second-order valence-electron chi connectivity index (χ2n) is 9.38. The molecular weight excluding hydrogens is 480 g/mol. The molecule has 2 aromatic rings. The van der Waals surface area contributed by atoms with E-state index in [1.807, 2.05) is 13.0 Å². The molecular formula is C28H34O9. The number of ether oxygens (including phenoxy) is 7. The molecule has 0 fully saturated rings. The van der Waals surface area contributed by atoms with Gasteiger partial charge in [-0.15, -0.1) is 0 Å². The smallest absolute Gasteiger partial charge is 0.334 e. The first kappa shape index (κ1) is 26.5. The van der Waals surface area contributed by atoms with Gasteiger partial charge in [0.1, 0.15) is 5.60 Å². The Balaban J connectivity index is 2.16. The van der Waals surface area contributed by atoms with Crippen LogP contribution in [0.1, 0.15) is 44.9 Å². The number of fused-ring (bicyclic) bond motifs is 4. The van der Waals surface area contributed by atoms with Crippen molar-refractivity contribution in [2.75, 3.05) is 35.2 Å². The van der Waals surface area contributed by atoms with Gasteiger partial charge >= 0.3 is 5.97 Å². The SMILES string of the molecule is CC=C(C)C(=O)O[C@@H]1c2cc3c(c(OC)c2-c2c(cc(OC)c(OC)c2OC)C[C@@H](C)[C@@]1(C)O)OCO3. The average Bonchev–Trinajstić information content (AvgIpc) is 3.36. The van der Waals surface area contributed by atoms with Crippen molar-refractivity contribution in [3.63, 3.8) is 0 Å². The first-order valence-corrected chi connectivity index (χ1v) is 12.0. The molecule has 0 saturated heterocycles. The van der Waals surface area contributed by atoms with Gasteiger partial charge in [-0.2, -0.15) is 0 Å². The fourth-order valence-corrected chi connectivity index (χ4v) is 4.94. The summed E-state index contributed by atoms with van der Waals surface area (Å²) in [7, 11) is 6.15. The second kappa shape index (κ2) is 10.0. The topological polar surface area (TPSA) is 102 Å². The summed E-state index contributed by atoms with van der Waals surface area (Å²) in [4.78, 5) is 13.0. The number of esters is 1. The zero-order valence-electron chi connectivity index (χ0n) is 22.5. The van der Waals surface area contributed by atoms with E-state index in [9.17, 15) is 9.90 Å². The van der Waals surface area contributed by atoms with Crippen molar-refractivity contribution in [1.82, 2.24) is 0 Å². The van der Waals surface area contributed by atoms with E-state index < -0.39 is 17.7 Å². The van der Waals surface area contributed by atoms with Crippen LogP contribution in [-0.2, 0) is 16.0 Å². The van der Waals surface area contributed by atoms with Crippen LogP contribution in [0.25, 0.3) is 11.1 Å². The van der Waals surface area contributed by atoms with Gasteiger partial charge in [-0.25, -0.2) is 4.79 Å². The third-order valence-electron chi connectivity index (χ3n) is 7.33. The lowest BCUT2D eigenvalue weighted by Gasteiger charge is -2.41. The first-order valence-electron chi connectivity index (χ1n) is 12.0. The minimum atomic E-state index is -1.48. The number of carbonyl (C=O) groups is 1. The van der Waals surface area contributed by atoms with E-state index in [-0.39, 0.29) is 12.7 Å². The molecule has 2 aliphatic rings. The fraction of sp³-hybridized carbons (Fsp3) is 0.464. The highest BCUT2D eigenvalue weighted by Crippen LogP contribution is 2.59. The van der Waals surface area contributed by atoms with Gasteiger partial charge in [-0.3, -0.25) is 0 Å². The summed E-state index contributed by atoms with van der Waals surface area (Å²) in [6.45, 7) is 7.00. The summed E-state index contributed by atoms with van der Waals surface area (Å²) >= 11 is 0. The van der Waals surface area contributed by atoms with Gasteiger partial charge < -0.3 is 38.3 Å². The van der Waals surface area contributed by atoms with Gasteiger partial charge in [0, 0.05) is 22.3 Å². The molecule has 1 aliphatic heterocycles. The number of methoxy groups -OCH3 is 4. The van der Waals surface area contributed by atoms with E-state index >= 15 is 0 Å². The van der Waals surface area contributed by atoms with Crippen LogP contribution in [0, 0.1) is 5.92 Å². The van der Waals surface area contributed by atoms with Crippen LogP contribution in [0.5, 0.6) is 34.5 Å². The van der Waals surface area contributed by atoms with Gasteiger partial charge in [0.05, 0.1) is 28.4 Å². The largest absolute Gasteiger partial charge is 0.493 e. The lowest BCUT2D eigenvalue weighted by molar-refractivity contribution is -0.166. The Morgan fingerprint density at radius 2 is 1.70 bits per heavy atom. The third kappa shape index (κ3) is 4.21. The molecule has 4 rings (SSSR count). The van der Waals surface area contributed by atoms with Crippen molar-refractivity contribution >= 4 is 5.97 Å². The fourth-order valence-electron chi connectivity index (χ4n) is 4.94. The number of hydrogen-bond acceptors (Lipinski definition) is 9. The maximum atomic E-state index is 13.0. The minimum Gasteiger partial charge on any atom is -0.493 e. The number of benzene rings is 2. The summed E-state index contributed by atoms with van der Waals surface area (Å²) < 4.78 is 40.6. The van der Waals surface area contributed by atoms with Crippen molar-refractivity contribution in [3.05, 3.63) is 34.9 Å². The zero-order chi connectivity index (χ0) is 27.1. The quantitative estimate of drug-likeness (QED) is 0.437. The van der Waals surface area contributed by atoms with E-state index in [0.29, 0.717) is 63.2 Å². The minimum absolute atomic E-state index is 0.000553. The van der Waals surface area contributed by atoms with Crippen molar-refractivity contribution in [1.29, 1.82) is 0 Å². The van der Waals surface area contributed by atoms with Crippen molar-refractivity contribution in [3.8, 4) is 45.6 Å². The summed E-state index contributed by atoms with van der Waals surface area (Å²) in [5, 5.41) is 12.0. The van der Waals surface area contributed by atoms with Gasteiger partial charge in [0.15, 0.2) is 29.1 Å². The molecule has 0 spiro atoms. The van der Waals surface area contributed by atoms with Crippen LogP contribution in [0.4, 0.5) is 0 Å². The van der Waals surface area contributed by atoms with Crippen LogP contribution >= 0.6 is 0 Å². The highest BCUT2D eigenvalue weighted by atomic mass is 16.7. The Bertz CT molecular complexity index is 1250. The average molecular weight is 515 g/mol. The van der Waals surface area contributed by atoms with E-state index in [0.717, 1.165) is 5.56 Å². The Morgan fingerprint density at radius 1 is 1.03 bits per heavy atom. The number of carbonyl (C=O) groups excluding carboxylic acids is 1. The molecule has 200 valence electrons. The molecule has 1 N–H and O–H groups in total. The third-order valence-corrected chi connectivity index (χ3v) is 7.33. The highest BCUT2D eigenvalue weighted by Gasteiger charge is 2.47. The molecule has 0 radical (unpaired) electrons.